The molecule has 0 bridgehead atoms. The summed E-state index contributed by atoms with van der Waals surface area (Å²) in [4.78, 5) is 4.05. The van der Waals surface area contributed by atoms with Crippen molar-refractivity contribution < 1.29 is 8.42 Å². The Labute approximate surface area is 95.3 Å². The molecule has 0 aliphatic heterocycles. The van der Waals surface area contributed by atoms with Gasteiger partial charge in [0, 0.05) is 13.1 Å². The maximum atomic E-state index is 10.7. The van der Waals surface area contributed by atoms with Crippen LogP contribution in [0.2, 0.25) is 0 Å². The molecule has 0 spiro atoms. The summed E-state index contributed by atoms with van der Waals surface area (Å²) in [5.74, 6) is 1.15. The summed E-state index contributed by atoms with van der Waals surface area (Å²) < 4.78 is 23.9. The highest BCUT2D eigenvalue weighted by atomic mass is 32.2. The predicted octanol–water partition coefficient (Wildman–Crippen LogP) is 0.0150. The van der Waals surface area contributed by atoms with Crippen molar-refractivity contribution in [2.75, 3.05) is 30.4 Å². The van der Waals surface area contributed by atoms with E-state index in [4.69, 9.17) is 5.73 Å². The number of sulfonamides is 1. The lowest BCUT2D eigenvalue weighted by molar-refractivity contribution is 0.586. The Hall–Kier alpha value is -1.34. The van der Waals surface area contributed by atoms with Crippen LogP contribution in [0.4, 0.5) is 11.6 Å². The molecule has 0 saturated carbocycles. The Bertz CT molecular complexity index is 433. The van der Waals surface area contributed by atoms with Gasteiger partial charge in [0.15, 0.2) is 0 Å². The van der Waals surface area contributed by atoms with Gasteiger partial charge in [-0.3, -0.25) is 0 Å². The van der Waals surface area contributed by atoms with Crippen LogP contribution < -0.4 is 15.8 Å². The number of nitrogens with one attached hydrogen (secondary N) is 2. The molecule has 4 N–H and O–H groups in total. The molecule has 0 atom stereocenters. The molecule has 0 radical (unpaired) electrons. The molecule has 6 nitrogen and oxygen atoms in total. The highest BCUT2D eigenvalue weighted by Crippen LogP contribution is 2.04. The van der Waals surface area contributed by atoms with E-state index < -0.39 is 10.0 Å². The Kier molecular flexibility index (Phi) is 4.51. The fourth-order valence-electron chi connectivity index (χ4n) is 1.11. The fraction of sp³-hybridized carbons (Fsp3) is 0.444. The van der Waals surface area contributed by atoms with Crippen LogP contribution in [0.3, 0.4) is 0 Å². The number of hydrogen-bond donors (Lipinski definition) is 3. The molecule has 0 aromatic carbocycles. The fourth-order valence-corrected chi connectivity index (χ4v) is 1.63. The first kappa shape index (κ1) is 12.7. The van der Waals surface area contributed by atoms with Crippen LogP contribution in [-0.4, -0.2) is 32.7 Å². The van der Waals surface area contributed by atoms with Crippen molar-refractivity contribution in [3.05, 3.63) is 18.2 Å². The Morgan fingerprint density at radius 1 is 1.38 bits per heavy atom. The summed E-state index contributed by atoms with van der Waals surface area (Å²) in [6.07, 6.45) is 1.82. The van der Waals surface area contributed by atoms with Crippen LogP contribution in [0.5, 0.6) is 0 Å². The van der Waals surface area contributed by atoms with Crippen molar-refractivity contribution in [2.45, 2.75) is 6.42 Å². The average molecular weight is 244 g/mol. The van der Waals surface area contributed by atoms with Crippen LogP contribution in [0.25, 0.3) is 0 Å². The summed E-state index contributed by atoms with van der Waals surface area (Å²) in [7, 11) is -3.09. The summed E-state index contributed by atoms with van der Waals surface area (Å²) >= 11 is 0. The molecule has 1 aromatic heterocycles. The monoisotopic (exact) mass is 244 g/mol. The number of hydrogen-bond acceptors (Lipinski definition) is 5. The molecular formula is C9H16N4O2S. The zero-order valence-electron chi connectivity index (χ0n) is 9.10. The van der Waals surface area contributed by atoms with Gasteiger partial charge in [-0.2, -0.15) is 0 Å². The number of nitrogens with zero attached hydrogens (tertiary/aromatic N) is 1. The van der Waals surface area contributed by atoms with E-state index in [2.05, 4.69) is 15.0 Å². The van der Waals surface area contributed by atoms with Crippen LogP contribution in [0.15, 0.2) is 18.2 Å². The van der Waals surface area contributed by atoms with Gasteiger partial charge in [-0.25, -0.2) is 18.1 Å². The quantitative estimate of drug-likeness (QED) is 0.613. The van der Waals surface area contributed by atoms with E-state index in [1.807, 2.05) is 0 Å². The van der Waals surface area contributed by atoms with Gasteiger partial charge < -0.3 is 11.1 Å². The Morgan fingerprint density at radius 3 is 2.75 bits per heavy atom. The maximum absolute atomic E-state index is 10.7. The highest BCUT2D eigenvalue weighted by molar-refractivity contribution is 7.88. The Balaban J connectivity index is 2.21. The molecule has 0 aliphatic rings. The first-order chi connectivity index (χ1) is 7.47. The molecule has 1 heterocycles. The third-order valence-corrected chi connectivity index (χ3v) is 2.52. The molecule has 0 aliphatic carbocycles. The maximum Gasteiger partial charge on any atom is 0.208 e. The molecule has 1 aromatic rings. The normalized spacial score (nSPS) is 11.3. The van der Waals surface area contributed by atoms with Gasteiger partial charge in [0.05, 0.1) is 6.26 Å². The lowest BCUT2D eigenvalue weighted by atomic mass is 10.4. The summed E-state index contributed by atoms with van der Waals surface area (Å²) in [6.45, 7) is 1.05. The zero-order valence-corrected chi connectivity index (χ0v) is 9.92. The van der Waals surface area contributed by atoms with Crippen molar-refractivity contribution in [2.24, 2.45) is 0 Å². The lowest BCUT2D eigenvalue weighted by Crippen LogP contribution is -2.24. The van der Waals surface area contributed by atoms with Gasteiger partial charge in [-0.1, -0.05) is 6.07 Å². The number of nitrogens with two attached hydrogens (primary N) is 1. The molecule has 1 rings (SSSR count). The van der Waals surface area contributed by atoms with Crippen LogP contribution in [0, 0.1) is 0 Å². The van der Waals surface area contributed by atoms with E-state index in [0.29, 0.717) is 31.1 Å². The minimum absolute atomic E-state index is 0.411. The summed E-state index contributed by atoms with van der Waals surface area (Å²) in [5.41, 5.74) is 5.50. The SMILES string of the molecule is CS(=O)(=O)NCCCNc1cccc(N)n1. The van der Waals surface area contributed by atoms with E-state index in [1.54, 1.807) is 18.2 Å². The minimum Gasteiger partial charge on any atom is -0.384 e. The van der Waals surface area contributed by atoms with E-state index in [9.17, 15) is 8.42 Å². The zero-order chi connectivity index (χ0) is 12.0. The molecule has 16 heavy (non-hydrogen) atoms. The molecular weight excluding hydrogens is 228 g/mol. The van der Waals surface area contributed by atoms with Crippen molar-refractivity contribution in [3.8, 4) is 0 Å². The van der Waals surface area contributed by atoms with E-state index in [1.165, 1.54) is 0 Å². The smallest absolute Gasteiger partial charge is 0.208 e. The summed E-state index contributed by atoms with van der Waals surface area (Å²) in [6, 6.07) is 5.32. The van der Waals surface area contributed by atoms with Crippen LogP contribution in [0.1, 0.15) is 6.42 Å². The second-order valence-electron chi connectivity index (χ2n) is 3.39. The molecule has 0 unspecified atom stereocenters. The van der Waals surface area contributed by atoms with Gasteiger partial charge in [0.2, 0.25) is 10.0 Å². The number of aromatic nitrogens is 1. The molecule has 0 fully saturated rings. The number of rotatable bonds is 6. The predicted molar refractivity (Wildman–Crippen MR) is 64.6 cm³/mol. The number of anilines is 2. The van der Waals surface area contributed by atoms with Gasteiger partial charge in [0.25, 0.3) is 0 Å². The average Bonchev–Trinajstić information content (AvgIpc) is 2.15. The third-order valence-electron chi connectivity index (χ3n) is 1.79. The third kappa shape index (κ3) is 5.52. The first-order valence-corrected chi connectivity index (χ1v) is 6.77. The van der Waals surface area contributed by atoms with Crippen LogP contribution in [-0.2, 0) is 10.0 Å². The van der Waals surface area contributed by atoms with E-state index >= 15 is 0 Å². The molecule has 0 amide bonds. The second kappa shape index (κ2) is 5.66. The highest BCUT2D eigenvalue weighted by Gasteiger charge is 1.98. The second-order valence-corrected chi connectivity index (χ2v) is 5.23. The number of pyridine rings is 1. The van der Waals surface area contributed by atoms with Crippen molar-refractivity contribution in [1.82, 2.24) is 9.71 Å². The lowest BCUT2D eigenvalue weighted by Gasteiger charge is -2.06. The van der Waals surface area contributed by atoms with Gasteiger partial charge in [0.1, 0.15) is 11.6 Å². The van der Waals surface area contributed by atoms with E-state index in [0.717, 1.165) is 6.26 Å². The Morgan fingerprint density at radius 2 is 2.12 bits per heavy atom. The number of nitrogen functional groups attached to an aromatic ring is 1. The van der Waals surface area contributed by atoms with Gasteiger partial charge in [-0.15, -0.1) is 0 Å². The van der Waals surface area contributed by atoms with Crippen molar-refractivity contribution >= 4 is 21.7 Å². The molecule has 0 saturated heterocycles. The largest absolute Gasteiger partial charge is 0.384 e. The van der Waals surface area contributed by atoms with Crippen molar-refractivity contribution in [3.63, 3.8) is 0 Å². The minimum atomic E-state index is -3.09. The van der Waals surface area contributed by atoms with E-state index in [-0.39, 0.29) is 0 Å². The van der Waals surface area contributed by atoms with Crippen LogP contribution >= 0.6 is 0 Å². The van der Waals surface area contributed by atoms with Gasteiger partial charge >= 0.3 is 0 Å². The first-order valence-electron chi connectivity index (χ1n) is 4.88. The van der Waals surface area contributed by atoms with Gasteiger partial charge in [-0.05, 0) is 18.6 Å². The molecule has 7 heteroatoms. The van der Waals surface area contributed by atoms with Crippen molar-refractivity contribution in [1.29, 1.82) is 0 Å². The summed E-state index contributed by atoms with van der Waals surface area (Å²) in [5, 5.41) is 3.05. The topological polar surface area (TPSA) is 97.1 Å². The standard InChI is InChI=1S/C9H16N4O2S/c1-16(14,15)12-7-3-6-11-9-5-2-4-8(10)13-9/h2,4-5,12H,3,6-7H2,1H3,(H3,10,11,13). The molecule has 90 valence electrons.